The first-order valence-electron chi connectivity index (χ1n) is 3.85. The van der Waals surface area contributed by atoms with E-state index in [9.17, 15) is 4.79 Å². The number of rotatable bonds is 1. The summed E-state index contributed by atoms with van der Waals surface area (Å²) in [4.78, 5) is 11.0. The van der Waals surface area contributed by atoms with Crippen LogP contribution in [-0.2, 0) is 9.53 Å². The molecule has 1 aliphatic heterocycles. The second-order valence-electron chi connectivity index (χ2n) is 2.66. The number of allylic oxidation sites excluding steroid dienone is 1. The highest BCUT2D eigenvalue weighted by Gasteiger charge is 2.22. The molecule has 0 bridgehead atoms. The zero-order valence-electron chi connectivity index (χ0n) is 7.20. The summed E-state index contributed by atoms with van der Waals surface area (Å²) in [6.45, 7) is 0. The van der Waals surface area contributed by atoms with Crippen LogP contribution in [0, 0.1) is 11.3 Å². The number of carbonyl (C=O) groups excluding carboxylic acids is 1. The SMILES string of the molecule is COC(=O)/C(C#N)=C1/CCC(O)N1. The summed E-state index contributed by atoms with van der Waals surface area (Å²) in [5.41, 5.74) is 0.404. The van der Waals surface area contributed by atoms with Gasteiger partial charge in [0.25, 0.3) is 0 Å². The van der Waals surface area contributed by atoms with Gasteiger partial charge >= 0.3 is 5.97 Å². The molecule has 0 radical (unpaired) electrons. The summed E-state index contributed by atoms with van der Waals surface area (Å²) in [6.07, 6.45) is 0.347. The fourth-order valence-electron chi connectivity index (χ4n) is 1.16. The highest BCUT2D eigenvalue weighted by molar-refractivity contribution is 5.93. The number of nitrogens with one attached hydrogen (secondary N) is 1. The van der Waals surface area contributed by atoms with E-state index in [1.807, 2.05) is 0 Å². The standard InChI is InChI=1S/C8H10N2O3/c1-13-8(12)5(4-9)6-2-3-7(11)10-6/h7,10-11H,2-3H2,1H3/b6-5-. The number of carbonyl (C=O) groups is 1. The van der Waals surface area contributed by atoms with Crippen molar-refractivity contribution in [2.24, 2.45) is 0 Å². The van der Waals surface area contributed by atoms with E-state index in [2.05, 4.69) is 10.1 Å². The van der Waals surface area contributed by atoms with E-state index >= 15 is 0 Å². The van der Waals surface area contributed by atoms with Crippen LogP contribution >= 0.6 is 0 Å². The second kappa shape index (κ2) is 3.92. The Balaban J connectivity index is 2.88. The molecule has 0 spiro atoms. The molecule has 5 heteroatoms. The average molecular weight is 182 g/mol. The smallest absolute Gasteiger partial charge is 0.350 e. The minimum Gasteiger partial charge on any atom is -0.465 e. The normalized spacial score (nSPS) is 24.5. The van der Waals surface area contributed by atoms with Gasteiger partial charge in [0.2, 0.25) is 0 Å². The molecule has 1 atom stereocenters. The fourth-order valence-corrected chi connectivity index (χ4v) is 1.16. The highest BCUT2D eigenvalue weighted by atomic mass is 16.5. The maximum absolute atomic E-state index is 11.0. The quantitative estimate of drug-likeness (QED) is 0.328. The molecule has 0 aliphatic carbocycles. The molecular formula is C8H10N2O3. The third-order valence-electron chi connectivity index (χ3n) is 1.81. The van der Waals surface area contributed by atoms with Crippen LogP contribution in [0.4, 0.5) is 0 Å². The Bertz CT molecular complexity index is 290. The van der Waals surface area contributed by atoms with Gasteiger partial charge in [0.1, 0.15) is 12.3 Å². The van der Waals surface area contributed by atoms with Gasteiger partial charge in [0.05, 0.1) is 7.11 Å². The van der Waals surface area contributed by atoms with Crippen molar-refractivity contribution in [1.82, 2.24) is 5.32 Å². The Morgan fingerprint density at radius 3 is 2.92 bits per heavy atom. The van der Waals surface area contributed by atoms with Gasteiger partial charge in [0.15, 0.2) is 5.57 Å². The first kappa shape index (κ1) is 9.55. The van der Waals surface area contributed by atoms with Crippen LogP contribution in [0.2, 0.25) is 0 Å². The Morgan fingerprint density at radius 2 is 2.54 bits per heavy atom. The van der Waals surface area contributed by atoms with Gasteiger partial charge in [-0.15, -0.1) is 0 Å². The lowest BCUT2D eigenvalue weighted by molar-refractivity contribution is -0.135. The number of nitriles is 1. The van der Waals surface area contributed by atoms with Gasteiger partial charge in [0, 0.05) is 5.70 Å². The number of hydrogen-bond donors (Lipinski definition) is 2. The lowest BCUT2D eigenvalue weighted by Crippen LogP contribution is -2.21. The molecule has 1 aliphatic rings. The number of nitrogens with zero attached hydrogens (tertiary/aromatic N) is 1. The van der Waals surface area contributed by atoms with E-state index in [0.29, 0.717) is 18.5 Å². The summed E-state index contributed by atoms with van der Waals surface area (Å²) in [7, 11) is 1.21. The van der Waals surface area contributed by atoms with Crippen molar-refractivity contribution < 1.29 is 14.6 Å². The molecule has 1 rings (SSSR count). The molecule has 1 unspecified atom stereocenters. The van der Waals surface area contributed by atoms with Gasteiger partial charge in [-0.25, -0.2) is 4.79 Å². The van der Waals surface area contributed by atoms with Crippen LogP contribution in [0.5, 0.6) is 0 Å². The zero-order chi connectivity index (χ0) is 9.84. The molecule has 13 heavy (non-hydrogen) atoms. The van der Waals surface area contributed by atoms with Gasteiger partial charge in [-0.1, -0.05) is 0 Å². The predicted molar refractivity (Wildman–Crippen MR) is 43.0 cm³/mol. The van der Waals surface area contributed by atoms with Crippen molar-refractivity contribution in [3.05, 3.63) is 11.3 Å². The Kier molecular flexibility index (Phi) is 2.88. The lowest BCUT2D eigenvalue weighted by Gasteiger charge is -2.04. The Labute approximate surface area is 75.6 Å². The molecule has 0 saturated carbocycles. The number of hydrogen-bond acceptors (Lipinski definition) is 5. The van der Waals surface area contributed by atoms with E-state index in [4.69, 9.17) is 10.4 Å². The van der Waals surface area contributed by atoms with Crippen LogP contribution in [-0.4, -0.2) is 24.4 Å². The van der Waals surface area contributed by atoms with Crippen molar-refractivity contribution in [2.45, 2.75) is 19.1 Å². The molecule has 70 valence electrons. The van der Waals surface area contributed by atoms with E-state index in [0.717, 1.165) is 0 Å². The summed E-state index contributed by atoms with van der Waals surface area (Å²) in [6, 6.07) is 1.75. The largest absolute Gasteiger partial charge is 0.465 e. The monoisotopic (exact) mass is 182 g/mol. The number of esters is 1. The first-order chi connectivity index (χ1) is 6.19. The molecule has 1 heterocycles. The molecule has 2 N–H and O–H groups in total. The van der Waals surface area contributed by atoms with E-state index < -0.39 is 12.2 Å². The van der Waals surface area contributed by atoms with Gasteiger partial charge in [-0.3, -0.25) is 0 Å². The van der Waals surface area contributed by atoms with Crippen LogP contribution in [0.1, 0.15) is 12.8 Å². The fraction of sp³-hybridized carbons (Fsp3) is 0.500. The molecule has 5 nitrogen and oxygen atoms in total. The van der Waals surface area contributed by atoms with Crippen molar-refractivity contribution in [1.29, 1.82) is 5.26 Å². The van der Waals surface area contributed by atoms with Crippen LogP contribution in [0.15, 0.2) is 11.3 Å². The lowest BCUT2D eigenvalue weighted by atomic mass is 10.2. The van der Waals surface area contributed by atoms with E-state index in [1.165, 1.54) is 7.11 Å². The molecule has 1 saturated heterocycles. The van der Waals surface area contributed by atoms with Gasteiger partial charge in [-0.05, 0) is 12.8 Å². The van der Waals surface area contributed by atoms with Gasteiger partial charge in [-0.2, -0.15) is 5.26 Å². The molecule has 0 aromatic carbocycles. The van der Waals surface area contributed by atoms with Crippen LogP contribution < -0.4 is 5.32 Å². The predicted octanol–water partition coefficient (Wildman–Crippen LogP) is -0.361. The summed E-state index contributed by atoms with van der Waals surface area (Å²) in [5, 5.41) is 20.4. The second-order valence-corrected chi connectivity index (χ2v) is 2.66. The Hall–Kier alpha value is -1.54. The number of ether oxygens (including phenoxy) is 1. The van der Waals surface area contributed by atoms with Crippen molar-refractivity contribution in [3.63, 3.8) is 0 Å². The van der Waals surface area contributed by atoms with E-state index in [1.54, 1.807) is 6.07 Å². The highest BCUT2D eigenvalue weighted by Crippen LogP contribution is 2.17. The summed E-state index contributed by atoms with van der Waals surface area (Å²) < 4.78 is 4.41. The maximum Gasteiger partial charge on any atom is 0.350 e. The maximum atomic E-state index is 11.0. The summed E-state index contributed by atoms with van der Waals surface area (Å²) >= 11 is 0. The number of aliphatic hydroxyl groups excluding tert-OH is 1. The zero-order valence-corrected chi connectivity index (χ0v) is 7.20. The van der Waals surface area contributed by atoms with E-state index in [-0.39, 0.29) is 5.57 Å². The average Bonchev–Trinajstić information content (AvgIpc) is 2.53. The van der Waals surface area contributed by atoms with Crippen molar-refractivity contribution in [3.8, 4) is 6.07 Å². The Morgan fingerprint density at radius 1 is 1.85 bits per heavy atom. The van der Waals surface area contributed by atoms with Crippen molar-refractivity contribution >= 4 is 5.97 Å². The third-order valence-corrected chi connectivity index (χ3v) is 1.81. The number of methoxy groups -OCH3 is 1. The first-order valence-corrected chi connectivity index (χ1v) is 3.85. The number of aliphatic hydroxyl groups is 1. The molecule has 1 fully saturated rings. The third kappa shape index (κ3) is 1.98. The minimum absolute atomic E-state index is 0.0564. The molecule has 0 aromatic heterocycles. The minimum atomic E-state index is -0.668. The van der Waals surface area contributed by atoms with Crippen molar-refractivity contribution in [2.75, 3.05) is 7.11 Å². The van der Waals surface area contributed by atoms with Crippen LogP contribution in [0.25, 0.3) is 0 Å². The molecular weight excluding hydrogens is 172 g/mol. The van der Waals surface area contributed by atoms with Crippen LogP contribution in [0.3, 0.4) is 0 Å². The summed E-state index contributed by atoms with van der Waals surface area (Å²) in [5.74, 6) is -0.668. The molecule has 0 aromatic rings. The topological polar surface area (TPSA) is 82.4 Å². The molecule has 0 amide bonds. The van der Waals surface area contributed by atoms with Gasteiger partial charge < -0.3 is 15.2 Å².